The maximum atomic E-state index is 14.0. The molecule has 3 aromatic rings. The van der Waals surface area contributed by atoms with E-state index in [0.717, 1.165) is 16.3 Å². The van der Waals surface area contributed by atoms with Crippen molar-refractivity contribution in [1.29, 1.82) is 0 Å². The van der Waals surface area contributed by atoms with E-state index in [1.807, 2.05) is 13.8 Å². The first-order chi connectivity index (χ1) is 18.6. The Bertz CT molecular complexity index is 1380. The molecule has 208 valence electrons. The molecule has 0 heterocycles. The van der Waals surface area contributed by atoms with Crippen LogP contribution in [0.4, 0.5) is 5.69 Å². The quantitative estimate of drug-likeness (QED) is 0.288. The summed E-state index contributed by atoms with van der Waals surface area (Å²) in [6.07, 6.45) is 1.08. The molecule has 3 aromatic carbocycles. The van der Waals surface area contributed by atoms with Crippen molar-refractivity contribution in [3.05, 3.63) is 94.0 Å². The summed E-state index contributed by atoms with van der Waals surface area (Å²) in [4.78, 5) is 28.6. The lowest BCUT2D eigenvalue weighted by atomic mass is 10.1. The highest BCUT2D eigenvalue weighted by molar-refractivity contribution is 7.92. The molecule has 0 bridgehead atoms. The maximum absolute atomic E-state index is 14.0. The van der Waals surface area contributed by atoms with Crippen molar-refractivity contribution in [2.75, 3.05) is 17.4 Å². The van der Waals surface area contributed by atoms with E-state index in [1.54, 1.807) is 67.6 Å². The predicted octanol–water partition coefficient (Wildman–Crippen LogP) is 5.83. The fourth-order valence-electron chi connectivity index (χ4n) is 4.17. The van der Waals surface area contributed by atoms with Gasteiger partial charge in [-0.15, -0.1) is 0 Å². The zero-order valence-electron chi connectivity index (χ0n) is 22.2. The molecule has 0 saturated heterocycles. The molecule has 0 aliphatic heterocycles. The fraction of sp³-hybridized carbons (Fsp3) is 0.310. The summed E-state index contributed by atoms with van der Waals surface area (Å²) < 4.78 is 28.8. The van der Waals surface area contributed by atoms with Crippen LogP contribution in [0.5, 0.6) is 0 Å². The summed E-state index contributed by atoms with van der Waals surface area (Å²) in [5, 5.41) is 3.78. The molecule has 0 saturated carbocycles. The summed E-state index contributed by atoms with van der Waals surface area (Å²) in [5.74, 6) is -0.819. The van der Waals surface area contributed by atoms with E-state index in [1.165, 1.54) is 17.0 Å². The number of amides is 2. The van der Waals surface area contributed by atoms with Gasteiger partial charge in [-0.05, 0) is 67.3 Å². The molecule has 0 aliphatic rings. The molecule has 0 aliphatic carbocycles. The van der Waals surface area contributed by atoms with Crippen molar-refractivity contribution in [3.63, 3.8) is 0 Å². The van der Waals surface area contributed by atoms with Gasteiger partial charge >= 0.3 is 0 Å². The monoisotopic (exact) mass is 589 g/mol. The van der Waals surface area contributed by atoms with Crippen molar-refractivity contribution >= 4 is 50.7 Å². The average Bonchev–Trinajstić information content (AvgIpc) is 2.93. The third kappa shape index (κ3) is 7.53. The van der Waals surface area contributed by atoms with E-state index in [9.17, 15) is 18.0 Å². The summed E-state index contributed by atoms with van der Waals surface area (Å²) in [6, 6.07) is 19.0. The summed E-state index contributed by atoms with van der Waals surface area (Å²) in [7, 11) is -4.16. The lowest BCUT2D eigenvalue weighted by Gasteiger charge is -2.33. The molecular weight excluding hydrogens is 557 g/mol. The Hall–Kier alpha value is -3.07. The minimum atomic E-state index is -4.16. The van der Waals surface area contributed by atoms with Gasteiger partial charge in [-0.25, -0.2) is 8.42 Å². The Kier molecular flexibility index (Phi) is 10.8. The van der Waals surface area contributed by atoms with Gasteiger partial charge < -0.3 is 10.2 Å². The highest BCUT2D eigenvalue weighted by Crippen LogP contribution is 2.31. The summed E-state index contributed by atoms with van der Waals surface area (Å²) in [5.41, 5.74) is 1.56. The first-order valence-corrected chi connectivity index (χ1v) is 14.9. The molecule has 1 unspecified atom stereocenters. The molecule has 1 N–H and O–H groups in total. The van der Waals surface area contributed by atoms with Crippen molar-refractivity contribution in [2.45, 2.75) is 51.1 Å². The standard InChI is InChI=1S/C29H33Cl2N3O4S/c1-4-18-32-29(36)26(5-2)33(19-22-14-16-23(30)17-15-22)28(35)20-34(27-13-9-12-25(31)21(27)3)39(37,38)24-10-7-6-8-11-24/h6-17,26H,4-5,18-20H2,1-3H3,(H,32,36). The van der Waals surface area contributed by atoms with Crippen LogP contribution in [0.1, 0.15) is 37.8 Å². The predicted molar refractivity (Wildman–Crippen MR) is 157 cm³/mol. The minimum absolute atomic E-state index is 0.0363. The van der Waals surface area contributed by atoms with Crippen LogP contribution in [0.3, 0.4) is 0 Å². The lowest BCUT2D eigenvalue weighted by molar-refractivity contribution is -0.140. The third-order valence-electron chi connectivity index (χ3n) is 6.32. The third-order valence-corrected chi connectivity index (χ3v) is 8.75. The normalized spacial score (nSPS) is 12.0. The van der Waals surface area contributed by atoms with Crippen LogP contribution < -0.4 is 9.62 Å². The van der Waals surface area contributed by atoms with Gasteiger partial charge in [-0.1, -0.05) is 73.4 Å². The highest BCUT2D eigenvalue weighted by Gasteiger charge is 2.34. The van der Waals surface area contributed by atoms with Crippen molar-refractivity contribution < 1.29 is 18.0 Å². The number of sulfonamides is 1. The second-order valence-electron chi connectivity index (χ2n) is 9.07. The molecule has 3 rings (SSSR count). The number of nitrogens with one attached hydrogen (secondary N) is 1. The van der Waals surface area contributed by atoms with Gasteiger partial charge in [0.2, 0.25) is 11.8 Å². The smallest absolute Gasteiger partial charge is 0.264 e. The topological polar surface area (TPSA) is 86.8 Å². The van der Waals surface area contributed by atoms with Gasteiger partial charge in [0, 0.05) is 23.1 Å². The van der Waals surface area contributed by atoms with Gasteiger partial charge in [0.25, 0.3) is 10.0 Å². The zero-order valence-corrected chi connectivity index (χ0v) is 24.6. The molecular formula is C29H33Cl2N3O4S. The molecule has 2 amide bonds. The molecule has 0 fully saturated rings. The van der Waals surface area contributed by atoms with Crippen molar-refractivity contribution in [3.8, 4) is 0 Å². The minimum Gasteiger partial charge on any atom is -0.354 e. The largest absolute Gasteiger partial charge is 0.354 e. The molecule has 7 nitrogen and oxygen atoms in total. The molecule has 0 radical (unpaired) electrons. The molecule has 10 heteroatoms. The number of anilines is 1. The van der Waals surface area contributed by atoms with E-state index < -0.39 is 28.5 Å². The Morgan fingerprint density at radius 2 is 1.59 bits per heavy atom. The van der Waals surface area contributed by atoms with Gasteiger partial charge in [0.1, 0.15) is 12.6 Å². The SMILES string of the molecule is CCCNC(=O)C(CC)N(Cc1ccc(Cl)cc1)C(=O)CN(c1cccc(Cl)c1C)S(=O)(=O)c1ccccc1. The average molecular weight is 591 g/mol. The van der Waals surface area contributed by atoms with Gasteiger partial charge in [0.05, 0.1) is 10.6 Å². The van der Waals surface area contributed by atoms with Crippen LogP contribution in [-0.2, 0) is 26.2 Å². The number of carbonyl (C=O) groups is 2. The van der Waals surface area contributed by atoms with Crippen LogP contribution in [-0.4, -0.2) is 44.3 Å². The first kappa shape index (κ1) is 30.5. The number of halogens is 2. The van der Waals surface area contributed by atoms with Crippen molar-refractivity contribution in [2.24, 2.45) is 0 Å². The van der Waals surface area contributed by atoms with E-state index in [4.69, 9.17) is 23.2 Å². The van der Waals surface area contributed by atoms with Crippen LogP contribution in [0.25, 0.3) is 0 Å². The lowest BCUT2D eigenvalue weighted by Crippen LogP contribution is -2.52. The van der Waals surface area contributed by atoms with E-state index >= 15 is 0 Å². The first-order valence-electron chi connectivity index (χ1n) is 12.7. The van der Waals surface area contributed by atoms with Crippen LogP contribution in [0.2, 0.25) is 10.0 Å². The van der Waals surface area contributed by atoms with Crippen LogP contribution in [0, 0.1) is 6.92 Å². The van der Waals surface area contributed by atoms with Crippen LogP contribution in [0.15, 0.2) is 77.7 Å². The summed E-state index contributed by atoms with van der Waals surface area (Å²) >= 11 is 12.4. The van der Waals surface area contributed by atoms with E-state index in [2.05, 4.69) is 5.32 Å². The molecule has 39 heavy (non-hydrogen) atoms. The number of carbonyl (C=O) groups excluding carboxylic acids is 2. The maximum Gasteiger partial charge on any atom is 0.264 e. The van der Waals surface area contributed by atoms with Gasteiger partial charge in [-0.2, -0.15) is 0 Å². The highest BCUT2D eigenvalue weighted by atomic mass is 35.5. The Balaban J connectivity index is 2.08. The van der Waals surface area contributed by atoms with Crippen LogP contribution >= 0.6 is 23.2 Å². The van der Waals surface area contributed by atoms with Gasteiger partial charge in [0.15, 0.2) is 0 Å². The number of rotatable bonds is 12. The molecule has 0 spiro atoms. The van der Waals surface area contributed by atoms with E-state index in [-0.39, 0.29) is 23.0 Å². The second-order valence-corrected chi connectivity index (χ2v) is 11.8. The number of hydrogen-bond donors (Lipinski definition) is 1. The van der Waals surface area contributed by atoms with E-state index in [0.29, 0.717) is 28.6 Å². The molecule has 1 atom stereocenters. The number of benzene rings is 3. The Morgan fingerprint density at radius 1 is 0.923 bits per heavy atom. The summed E-state index contributed by atoms with van der Waals surface area (Å²) in [6.45, 7) is 5.50. The number of nitrogens with zero attached hydrogens (tertiary/aromatic N) is 2. The Morgan fingerprint density at radius 3 is 2.21 bits per heavy atom. The van der Waals surface area contributed by atoms with Gasteiger partial charge in [-0.3, -0.25) is 13.9 Å². The zero-order chi connectivity index (χ0) is 28.6. The fourth-order valence-corrected chi connectivity index (χ4v) is 5.96. The Labute approximate surface area is 240 Å². The number of hydrogen-bond acceptors (Lipinski definition) is 4. The molecule has 0 aromatic heterocycles. The van der Waals surface area contributed by atoms with Crippen molar-refractivity contribution in [1.82, 2.24) is 10.2 Å². The second kappa shape index (κ2) is 13.8.